The average molecular weight is 218 g/mol. The zero-order valence-electron chi connectivity index (χ0n) is 9.99. The fourth-order valence-corrected chi connectivity index (χ4v) is 1.87. The third kappa shape index (κ3) is 1.76. The zero-order chi connectivity index (χ0) is 11.7. The van der Waals surface area contributed by atoms with Gasteiger partial charge in [0.1, 0.15) is 0 Å². The van der Waals surface area contributed by atoms with E-state index >= 15 is 0 Å². The third-order valence-corrected chi connectivity index (χ3v) is 2.82. The Bertz CT molecular complexity index is 501. The van der Waals surface area contributed by atoms with Gasteiger partial charge in [-0.05, 0) is 25.5 Å². The number of aryl methyl sites for hydroxylation is 2. The van der Waals surface area contributed by atoms with Crippen molar-refractivity contribution < 1.29 is 0 Å². The highest BCUT2D eigenvalue weighted by Crippen LogP contribution is 2.21. The van der Waals surface area contributed by atoms with Crippen LogP contribution in [-0.4, -0.2) is 22.1 Å². The first kappa shape index (κ1) is 11.0. The Morgan fingerprint density at radius 2 is 2.25 bits per heavy atom. The molecule has 0 spiro atoms. The van der Waals surface area contributed by atoms with E-state index in [1.807, 2.05) is 26.1 Å². The normalized spacial score (nSPS) is 13.0. The van der Waals surface area contributed by atoms with Gasteiger partial charge >= 0.3 is 0 Å². The molecule has 0 fully saturated rings. The molecule has 0 amide bonds. The summed E-state index contributed by atoms with van der Waals surface area (Å²) in [7, 11) is 2.02. The monoisotopic (exact) mass is 218 g/mol. The van der Waals surface area contributed by atoms with E-state index in [0.29, 0.717) is 6.54 Å². The minimum atomic E-state index is 0.232. The van der Waals surface area contributed by atoms with Crippen molar-refractivity contribution in [3.63, 3.8) is 0 Å². The number of nitrogens with two attached hydrogens (primary N) is 1. The van der Waals surface area contributed by atoms with Gasteiger partial charge in [0.05, 0.1) is 11.0 Å². The van der Waals surface area contributed by atoms with Crippen molar-refractivity contribution >= 4 is 17.0 Å². The number of para-hydroxylation sites is 1. The van der Waals surface area contributed by atoms with Crippen molar-refractivity contribution in [2.75, 3.05) is 11.9 Å². The van der Waals surface area contributed by atoms with Crippen molar-refractivity contribution in [3.05, 3.63) is 23.8 Å². The van der Waals surface area contributed by atoms with Crippen molar-refractivity contribution in [2.24, 2.45) is 12.8 Å². The Morgan fingerprint density at radius 1 is 1.50 bits per heavy atom. The third-order valence-electron chi connectivity index (χ3n) is 2.82. The molecule has 1 heterocycles. The first-order valence-electron chi connectivity index (χ1n) is 5.52. The van der Waals surface area contributed by atoms with Crippen LogP contribution in [0.5, 0.6) is 0 Å². The zero-order valence-corrected chi connectivity index (χ0v) is 9.99. The van der Waals surface area contributed by atoms with E-state index in [0.717, 1.165) is 11.5 Å². The van der Waals surface area contributed by atoms with Gasteiger partial charge in [-0.2, -0.15) is 0 Å². The van der Waals surface area contributed by atoms with Crippen LogP contribution in [0.15, 0.2) is 18.2 Å². The molecule has 2 rings (SSSR count). The minimum absolute atomic E-state index is 0.232. The van der Waals surface area contributed by atoms with Crippen molar-refractivity contribution in [2.45, 2.75) is 19.9 Å². The van der Waals surface area contributed by atoms with Crippen LogP contribution in [0.1, 0.15) is 12.5 Å². The summed E-state index contributed by atoms with van der Waals surface area (Å²) in [6.07, 6.45) is 0. The second-order valence-corrected chi connectivity index (χ2v) is 4.22. The molecule has 4 nitrogen and oxygen atoms in total. The highest BCUT2D eigenvalue weighted by atomic mass is 15.2. The van der Waals surface area contributed by atoms with Crippen LogP contribution in [0.2, 0.25) is 0 Å². The number of aromatic nitrogens is 2. The van der Waals surface area contributed by atoms with E-state index in [-0.39, 0.29) is 6.04 Å². The van der Waals surface area contributed by atoms with Gasteiger partial charge in [-0.15, -0.1) is 0 Å². The molecule has 0 aliphatic heterocycles. The molecule has 1 unspecified atom stereocenters. The quantitative estimate of drug-likeness (QED) is 0.823. The van der Waals surface area contributed by atoms with Gasteiger partial charge in [0.15, 0.2) is 0 Å². The number of anilines is 1. The lowest BCUT2D eigenvalue weighted by atomic mass is 10.2. The van der Waals surface area contributed by atoms with E-state index in [2.05, 4.69) is 27.9 Å². The van der Waals surface area contributed by atoms with E-state index in [1.165, 1.54) is 11.1 Å². The molecule has 1 atom stereocenters. The van der Waals surface area contributed by atoms with Gasteiger partial charge in [0, 0.05) is 19.6 Å². The lowest BCUT2D eigenvalue weighted by molar-refractivity contribution is 0.777. The van der Waals surface area contributed by atoms with Crippen LogP contribution in [0.4, 0.5) is 5.95 Å². The number of hydrogen-bond donors (Lipinski definition) is 2. The molecule has 0 aliphatic carbocycles. The SMILES string of the molecule is Cc1cccc2nc(NC(C)CN)n(C)c12. The maximum absolute atomic E-state index is 5.59. The Kier molecular flexibility index (Phi) is 2.83. The van der Waals surface area contributed by atoms with Crippen molar-refractivity contribution in [1.82, 2.24) is 9.55 Å². The Labute approximate surface area is 95.5 Å². The summed E-state index contributed by atoms with van der Waals surface area (Å²) in [4.78, 5) is 4.56. The van der Waals surface area contributed by atoms with Gasteiger partial charge in [0.25, 0.3) is 0 Å². The Balaban J connectivity index is 2.48. The predicted molar refractivity (Wildman–Crippen MR) is 67.6 cm³/mol. The Morgan fingerprint density at radius 3 is 2.88 bits per heavy atom. The number of fused-ring (bicyclic) bond motifs is 1. The molecule has 1 aromatic carbocycles. The molecule has 16 heavy (non-hydrogen) atoms. The van der Waals surface area contributed by atoms with Gasteiger partial charge in [-0.25, -0.2) is 4.98 Å². The maximum atomic E-state index is 5.59. The lowest BCUT2D eigenvalue weighted by Gasteiger charge is -2.12. The molecular weight excluding hydrogens is 200 g/mol. The number of hydrogen-bond acceptors (Lipinski definition) is 3. The van der Waals surface area contributed by atoms with E-state index in [4.69, 9.17) is 5.73 Å². The molecule has 0 aliphatic rings. The van der Waals surface area contributed by atoms with Crippen molar-refractivity contribution in [1.29, 1.82) is 0 Å². The van der Waals surface area contributed by atoms with Gasteiger partial charge in [0.2, 0.25) is 5.95 Å². The summed E-state index contributed by atoms with van der Waals surface area (Å²) < 4.78 is 2.08. The highest BCUT2D eigenvalue weighted by Gasteiger charge is 2.10. The standard InChI is InChI=1S/C12H18N4/c1-8-5-4-6-10-11(8)16(3)12(15-10)14-9(2)7-13/h4-6,9H,7,13H2,1-3H3,(H,14,15). The topological polar surface area (TPSA) is 55.9 Å². The van der Waals surface area contributed by atoms with Crippen molar-refractivity contribution in [3.8, 4) is 0 Å². The highest BCUT2D eigenvalue weighted by molar-refractivity contribution is 5.81. The van der Waals surface area contributed by atoms with Crippen LogP contribution in [-0.2, 0) is 7.05 Å². The molecule has 3 N–H and O–H groups in total. The molecule has 0 saturated carbocycles. The van der Waals surface area contributed by atoms with Crippen LogP contribution in [0, 0.1) is 6.92 Å². The smallest absolute Gasteiger partial charge is 0.203 e. The number of nitrogens with one attached hydrogen (secondary N) is 1. The number of imidazole rings is 1. The average Bonchev–Trinajstić information content (AvgIpc) is 2.57. The molecule has 86 valence electrons. The Hall–Kier alpha value is -1.55. The molecule has 0 radical (unpaired) electrons. The fraction of sp³-hybridized carbons (Fsp3) is 0.417. The fourth-order valence-electron chi connectivity index (χ4n) is 1.87. The van der Waals surface area contributed by atoms with Gasteiger partial charge in [-0.1, -0.05) is 12.1 Å². The first-order valence-corrected chi connectivity index (χ1v) is 5.52. The number of benzene rings is 1. The summed E-state index contributed by atoms with van der Waals surface area (Å²) in [5.74, 6) is 0.877. The molecule has 0 bridgehead atoms. The molecule has 0 saturated heterocycles. The van der Waals surface area contributed by atoms with Crippen LogP contribution in [0.3, 0.4) is 0 Å². The lowest BCUT2D eigenvalue weighted by Crippen LogP contribution is -2.26. The number of rotatable bonds is 3. The second kappa shape index (κ2) is 4.14. The minimum Gasteiger partial charge on any atom is -0.352 e. The molecular formula is C12H18N4. The largest absolute Gasteiger partial charge is 0.352 e. The maximum Gasteiger partial charge on any atom is 0.203 e. The van der Waals surface area contributed by atoms with Crippen LogP contribution in [0.25, 0.3) is 11.0 Å². The van der Waals surface area contributed by atoms with Gasteiger partial charge in [-0.3, -0.25) is 0 Å². The van der Waals surface area contributed by atoms with Crippen LogP contribution >= 0.6 is 0 Å². The van der Waals surface area contributed by atoms with Gasteiger partial charge < -0.3 is 15.6 Å². The first-order chi connectivity index (χ1) is 7.63. The number of nitrogens with zero attached hydrogens (tertiary/aromatic N) is 2. The molecule has 2 aromatic rings. The molecule has 1 aromatic heterocycles. The summed E-state index contributed by atoms with van der Waals surface area (Å²) in [6, 6.07) is 6.39. The van der Waals surface area contributed by atoms with E-state index in [1.54, 1.807) is 0 Å². The predicted octanol–water partition coefficient (Wildman–Crippen LogP) is 1.64. The second-order valence-electron chi connectivity index (χ2n) is 4.22. The summed E-state index contributed by atoms with van der Waals surface area (Å²) >= 11 is 0. The van der Waals surface area contributed by atoms with Crippen LogP contribution < -0.4 is 11.1 Å². The van der Waals surface area contributed by atoms with E-state index in [9.17, 15) is 0 Å². The summed E-state index contributed by atoms with van der Waals surface area (Å²) in [5, 5.41) is 3.30. The summed E-state index contributed by atoms with van der Waals surface area (Å²) in [5.41, 5.74) is 9.03. The summed E-state index contributed by atoms with van der Waals surface area (Å²) in [6.45, 7) is 4.74. The van der Waals surface area contributed by atoms with E-state index < -0.39 is 0 Å². The molecule has 4 heteroatoms.